The average Bonchev–Trinajstić information content (AvgIpc) is 3.29. The van der Waals surface area contributed by atoms with Crippen LogP contribution >= 0.6 is 11.5 Å². The summed E-state index contributed by atoms with van der Waals surface area (Å²) in [6.45, 7) is 4.62. The zero-order valence-corrected chi connectivity index (χ0v) is 21.7. The van der Waals surface area contributed by atoms with Crippen molar-refractivity contribution in [2.45, 2.75) is 19.0 Å². The van der Waals surface area contributed by atoms with Crippen molar-refractivity contribution in [1.29, 1.82) is 5.26 Å². The summed E-state index contributed by atoms with van der Waals surface area (Å²) in [6, 6.07) is 12.7. The minimum absolute atomic E-state index is 0.0362. The lowest BCUT2D eigenvalue weighted by Gasteiger charge is -2.13. The first-order chi connectivity index (χ1) is 17.1. The summed E-state index contributed by atoms with van der Waals surface area (Å²) in [4.78, 5) is 16.2. The highest BCUT2D eigenvalue weighted by Crippen LogP contribution is 2.29. The van der Waals surface area contributed by atoms with Gasteiger partial charge in [-0.25, -0.2) is 8.42 Å². The molecule has 1 heterocycles. The number of hydrogen-bond donors (Lipinski definition) is 1. The number of nitriles is 1. The van der Waals surface area contributed by atoms with Crippen molar-refractivity contribution in [3.63, 3.8) is 0 Å². The molecule has 0 spiro atoms. The molecule has 0 unspecified atom stereocenters. The van der Waals surface area contributed by atoms with Crippen molar-refractivity contribution in [3.05, 3.63) is 58.7 Å². The van der Waals surface area contributed by atoms with Crippen LogP contribution in [0.15, 0.2) is 47.1 Å². The number of aryl methyl sites for hydroxylation is 2. The van der Waals surface area contributed by atoms with Crippen LogP contribution in [0.3, 0.4) is 0 Å². The van der Waals surface area contributed by atoms with Crippen LogP contribution in [0.4, 0.5) is 5.13 Å². The number of aromatic nitrogens is 2. The van der Waals surface area contributed by atoms with E-state index in [0.29, 0.717) is 35.2 Å². The van der Waals surface area contributed by atoms with Gasteiger partial charge in [0.1, 0.15) is 30.6 Å². The van der Waals surface area contributed by atoms with Gasteiger partial charge in [-0.1, -0.05) is 12.1 Å². The Morgan fingerprint density at radius 1 is 1.11 bits per heavy atom. The van der Waals surface area contributed by atoms with Gasteiger partial charge in [-0.3, -0.25) is 10.1 Å². The van der Waals surface area contributed by atoms with Crippen molar-refractivity contribution >= 4 is 38.5 Å². The number of benzene rings is 2. The number of anilines is 1. The molecule has 2 aromatic carbocycles. The third-order valence-electron chi connectivity index (χ3n) is 4.63. The zero-order valence-electron chi connectivity index (χ0n) is 20.1. The number of sulfone groups is 1. The molecule has 1 N–H and O–H groups in total. The van der Waals surface area contributed by atoms with Crippen LogP contribution in [0.5, 0.6) is 17.2 Å². The van der Waals surface area contributed by atoms with E-state index in [1.54, 1.807) is 18.2 Å². The van der Waals surface area contributed by atoms with Crippen molar-refractivity contribution in [1.82, 2.24) is 9.36 Å². The average molecular weight is 529 g/mol. The lowest BCUT2D eigenvalue weighted by atomic mass is 10.1. The molecule has 1 aromatic heterocycles. The van der Waals surface area contributed by atoms with E-state index in [2.05, 4.69) is 20.7 Å². The van der Waals surface area contributed by atoms with Crippen LogP contribution < -0.4 is 19.5 Å². The van der Waals surface area contributed by atoms with E-state index < -0.39 is 20.9 Å². The number of hydrogen-bond acceptors (Lipinski definition) is 10. The lowest BCUT2D eigenvalue weighted by Crippen LogP contribution is -2.13. The number of rotatable bonds is 10. The predicted octanol–water partition coefficient (Wildman–Crippen LogP) is 3.57. The molecule has 0 atom stereocenters. The normalized spacial score (nSPS) is 11.5. The molecule has 12 heteroatoms. The maximum absolute atomic E-state index is 12.5. The van der Waals surface area contributed by atoms with E-state index in [1.165, 1.54) is 13.2 Å². The van der Waals surface area contributed by atoms with Crippen LogP contribution in [0, 0.1) is 25.2 Å². The van der Waals surface area contributed by atoms with Crippen molar-refractivity contribution in [2.24, 2.45) is 0 Å². The van der Waals surface area contributed by atoms with Crippen molar-refractivity contribution in [3.8, 4) is 23.3 Å². The third-order valence-corrected chi connectivity index (χ3v) is 6.22. The highest BCUT2D eigenvalue weighted by Gasteiger charge is 2.17. The van der Waals surface area contributed by atoms with E-state index in [1.807, 2.05) is 32.0 Å². The van der Waals surface area contributed by atoms with Crippen LogP contribution in [0.2, 0.25) is 0 Å². The molecule has 0 radical (unpaired) electrons. The number of nitrogens with zero attached hydrogens (tertiary/aromatic N) is 3. The summed E-state index contributed by atoms with van der Waals surface area (Å²) in [5.41, 5.74) is 2.53. The lowest BCUT2D eigenvalue weighted by molar-refractivity contribution is -0.112. The molecule has 3 aromatic rings. The van der Waals surface area contributed by atoms with Gasteiger partial charge in [0, 0.05) is 17.8 Å². The van der Waals surface area contributed by atoms with Gasteiger partial charge in [0.05, 0.1) is 7.11 Å². The molecule has 0 saturated carbocycles. The molecule has 36 heavy (non-hydrogen) atoms. The SMILES string of the molecule is COc1cc(/C=C(/C#N)C(=O)Nc2nc(S(C)(=O)=O)ns2)ccc1OCCOc1cc(C)cc(C)c1. The second-order valence-electron chi connectivity index (χ2n) is 7.71. The number of amides is 1. The first kappa shape index (κ1) is 26.7. The van der Waals surface area contributed by atoms with Gasteiger partial charge >= 0.3 is 0 Å². The van der Waals surface area contributed by atoms with E-state index in [-0.39, 0.29) is 17.3 Å². The first-order valence-electron chi connectivity index (χ1n) is 10.6. The van der Waals surface area contributed by atoms with Gasteiger partial charge in [0.25, 0.3) is 11.1 Å². The van der Waals surface area contributed by atoms with E-state index in [4.69, 9.17) is 14.2 Å². The fourth-order valence-electron chi connectivity index (χ4n) is 3.11. The predicted molar refractivity (Wildman–Crippen MR) is 135 cm³/mol. The smallest absolute Gasteiger partial charge is 0.268 e. The molecular weight excluding hydrogens is 504 g/mol. The highest BCUT2D eigenvalue weighted by molar-refractivity contribution is 7.90. The number of carbonyl (C=O) groups excluding carboxylic acids is 1. The fraction of sp³-hybridized carbons (Fsp3) is 0.250. The maximum atomic E-state index is 12.5. The van der Waals surface area contributed by atoms with Crippen LogP contribution in [0.25, 0.3) is 6.08 Å². The molecule has 0 saturated heterocycles. The second-order valence-corrected chi connectivity index (χ2v) is 10.4. The Hall–Kier alpha value is -3.95. The molecule has 0 aliphatic rings. The summed E-state index contributed by atoms with van der Waals surface area (Å²) < 4.78 is 43.6. The van der Waals surface area contributed by atoms with Gasteiger partial charge in [0.15, 0.2) is 11.5 Å². The third kappa shape index (κ3) is 7.27. The van der Waals surface area contributed by atoms with Gasteiger partial charge in [-0.05, 0) is 60.9 Å². The highest BCUT2D eigenvalue weighted by atomic mass is 32.2. The topological polar surface area (TPSA) is 140 Å². The van der Waals surface area contributed by atoms with E-state index >= 15 is 0 Å². The zero-order chi connectivity index (χ0) is 26.3. The monoisotopic (exact) mass is 528 g/mol. The van der Waals surface area contributed by atoms with Gasteiger partial charge in [-0.15, -0.1) is 0 Å². The Bertz CT molecular complexity index is 1420. The Kier molecular flexibility index (Phi) is 8.63. The molecule has 3 rings (SSSR count). The Morgan fingerprint density at radius 2 is 1.81 bits per heavy atom. The standard InChI is InChI=1S/C24H24N4O6S2/c1-15-9-16(2)11-19(10-15)33-7-8-34-20-6-5-17(13-21(20)32-3)12-18(14-25)22(29)26-23-27-24(28-35-23)36(4,30)31/h5-6,9-13H,7-8H2,1-4H3,(H,26,27,28,29)/b18-12-. The van der Waals surface area contributed by atoms with E-state index in [9.17, 15) is 18.5 Å². The molecule has 1 amide bonds. The van der Waals surface area contributed by atoms with Gasteiger partial charge in [0.2, 0.25) is 15.0 Å². The van der Waals surface area contributed by atoms with E-state index in [0.717, 1.165) is 23.1 Å². The van der Waals surface area contributed by atoms with Crippen LogP contribution in [-0.4, -0.2) is 50.3 Å². The Morgan fingerprint density at radius 3 is 2.42 bits per heavy atom. The molecular formula is C24H24N4O6S2. The summed E-state index contributed by atoms with van der Waals surface area (Å²) in [7, 11) is -2.13. The second kappa shape index (κ2) is 11.7. The molecule has 0 aliphatic heterocycles. The first-order valence-corrected chi connectivity index (χ1v) is 13.2. The van der Waals surface area contributed by atoms with Crippen LogP contribution in [-0.2, 0) is 14.6 Å². The van der Waals surface area contributed by atoms with Gasteiger partial charge in [-0.2, -0.15) is 14.6 Å². The summed E-state index contributed by atoms with van der Waals surface area (Å²) in [5.74, 6) is 0.905. The minimum Gasteiger partial charge on any atom is -0.493 e. The number of carbonyl (C=O) groups is 1. The molecule has 0 bridgehead atoms. The molecule has 10 nitrogen and oxygen atoms in total. The number of ether oxygens (including phenoxy) is 3. The maximum Gasteiger partial charge on any atom is 0.268 e. The molecule has 0 fully saturated rings. The fourth-order valence-corrected chi connectivity index (χ4v) is 4.55. The quantitative estimate of drug-likeness (QED) is 0.237. The number of methoxy groups -OCH3 is 1. The van der Waals surface area contributed by atoms with Gasteiger partial charge < -0.3 is 14.2 Å². The minimum atomic E-state index is -3.61. The number of nitrogens with one attached hydrogen (secondary N) is 1. The summed E-state index contributed by atoms with van der Waals surface area (Å²) >= 11 is 0.701. The largest absolute Gasteiger partial charge is 0.493 e. The van der Waals surface area contributed by atoms with Crippen LogP contribution in [0.1, 0.15) is 16.7 Å². The Balaban J connectivity index is 1.64. The Labute approximate surface area is 213 Å². The molecule has 0 aliphatic carbocycles. The summed E-state index contributed by atoms with van der Waals surface area (Å²) in [6.07, 6.45) is 2.32. The summed E-state index contributed by atoms with van der Waals surface area (Å²) in [5, 5.41) is 11.4. The van der Waals surface area contributed by atoms with Crippen molar-refractivity contribution < 1.29 is 27.4 Å². The molecule has 188 valence electrons. The van der Waals surface area contributed by atoms with Crippen molar-refractivity contribution in [2.75, 3.05) is 31.9 Å².